The molecule has 0 heterocycles. The zero-order valence-electron chi connectivity index (χ0n) is 8.20. The van der Waals surface area contributed by atoms with Crippen molar-refractivity contribution in [3.05, 3.63) is 0 Å². The van der Waals surface area contributed by atoms with E-state index in [1.807, 2.05) is 0 Å². The van der Waals surface area contributed by atoms with Gasteiger partial charge in [-0.05, 0) is 37.5 Å². The molecule has 2 aliphatic carbocycles. The summed E-state index contributed by atoms with van der Waals surface area (Å²) in [5.74, 6) is 1.37. The number of rotatable bonds is 0. The summed E-state index contributed by atoms with van der Waals surface area (Å²) in [4.78, 5) is 11.7. The van der Waals surface area contributed by atoms with Crippen LogP contribution in [-0.2, 0) is 4.79 Å². The lowest BCUT2D eigenvalue weighted by atomic mass is 9.64. The number of carbonyl (C=O) groups excluding carboxylic acids is 1. The van der Waals surface area contributed by atoms with Gasteiger partial charge in [-0.25, -0.2) is 0 Å². The number of Topliss-reactive ketones (excluding diaryl/α,β-unsaturated/α-hetero) is 1. The summed E-state index contributed by atoms with van der Waals surface area (Å²) in [6, 6.07) is 0. The lowest BCUT2D eigenvalue weighted by Gasteiger charge is -2.41. The molecule has 2 nitrogen and oxygen atoms in total. The highest BCUT2D eigenvalue weighted by Crippen LogP contribution is 2.41. The Morgan fingerprint density at radius 3 is 2.77 bits per heavy atom. The minimum atomic E-state index is -0.203. The molecule has 2 fully saturated rings. The standard InChI is InChI=1S/C11H18O2/c1-7-5-6-9(12)8-3-2-4-10(13)11(7)8/h7-9,11-12H,2-6H2,1H3/t7-,8?,9?,11?/m0/s1. The largest absolute Gasteiger partial charge is 0.393 e. The zero-order valence-corrected chi connectivity index (χ0v) is 8.20. The lowest BCUT2D eigenvalue weighted by molar-refractivity contribution is -0.134. The highest BCUT2D eigenvalue weighted by atomic mass is 16.3. The lowest BCUT2D eigenvalue weighted by Crippen LogP contribution is -2.43. The maximum absolute atomic E-state index is 11.7. The molecule has 1 N–H and O–H groups in total. The fourth-order valence-corrected chi connectivity index (χ4v) is 3.10. The van der Waals surface area contributed by atoms with Gasteiger partial charge in [0.2, 0.25) is 0 Å². The molecule has 2 aliphatic rings. The van der Waals surface area contributed by atoms with Gasteiger partial charge in [-0.2, -0.15) is 0 Å². The van der Waals surface area contributed by atoms with Crippen LogP contribution in [-0.4, -0.2) is 17.0 Å². The van der Waals surface area contributed by atoms with Gasteiger partial charge in [0.15, 0.2) is 0 Å². The molecule has 0 bridgehead atoms. The van der Waals surface area contributed by atoms with Gasteiger partial charge in [-0.3, -0.25) is 4.79 Å². The molecule has 13 heavy (non-hydrogen) atoms. The monoisotopic (exact) mass is 182 g/mol. The van der Waals surface area contributed by atoms with Gasteiger partial charge in [-0.15, -0.1) is 0 Å². The molecule has 0 aromatic rings. The van der Waals surface area contributed by atoms with E-state index in [9.17, 15) is 9.90 Å². The van der Waals surface area contributed by atoms with Crippen LogP contribution >= 0.6 is 0 Å². The summed E-state index contributed by atoms with van der Waals surface area (Å²) in [7, 11) is 0. The normalized spacial score (nSPS) is 45.8. The molecule has 0 aliphatic heterocycles. The molecule has 2 rings (SSSR count). The number of aliphatic hydroxyl groups is 1. The quantitative estimate of drug-likeness (QED) is 0.620. The number of ketones is 1. The van der Waals surface area contributed by atoms with Crippen LogP contribution in [0.3, 0.4) is 0 Å². The van der Waals surface area contributed by atoms with Gasteiger partial charge < -0.3 is 5.11 Å². The molecule has 0 amide bonds. The Kier molecular flexibility index (Phi) is 2.41. The number of aliphatic hydroxyl groups excluding tert-OH is 1. The first kappa shape index (κ1) is 9.20. The molecule has 3 unspecified atom stereocenters. The molecule has 4 atom stereocenters. The summed E-state index contributed by atoms with van der Waals surface area (Å²) in [6.07, 6.45) is 4.51. The average Bonchev–Trinajstić information content (AvgIpc) is 2.12. The van der Waals surface area contributed by atoms with Gasteiger partial charge in [0.25, 0.3) is 0 Å². The van der Waals surface area contributed by atoms with Gasteiger partial charge >= 0.3 is 0 Å². The van der Waals surface area contributed by atoms with Crippen LogP contribution in [0.2, 0.25) is 0 Å². The number of carbonyl (C=O) groups is 1. The van der Waals surface area contributed by atoms with Crippen molar-refractivity contribution in [1.29, 1.82) is 0 Å². The highest BCUT2D eigenvalue weighted by molar-refractivity contribution is 5.82. The Bertz CT molecular complexity index is 212. The van der Waals surface area contributed by atoms with Gasteiger partial charge in [0.1, 0.15) is 5.78 Å². The molecule has 2 saturated carbocycles. The van der Waals surface area contributed by atoms with E-state index in [4.69, 9.17) is 0 Å². The fraction of sp³-hybridized carbons (Fsp3) is 0.909. The second-order valence-corrected chi connectivity index (χ2v) is 4.67. The van der Waals surface area contributed by atoms with E-state index in [1.54, 1.807) is 0 Å². The third kappa shape index (κ3) is 1.52. The average molecular weight is 182 g/mol. The van der Waals surface area contributed by atoms with Crippen molar-refractivity contribution in [3.8, 4) is 0 Å². The predicted molar refractivity (Wildman–Crippen MR) is 50.2 cm³/mol. The third-order valence-electron chi connectivity index (χ3n) is 3.82. The Morgan fingerprint density at radius 1 is 1.31 bits per heavy atom. The first-order valence-electron chi connectivity index (χ1n) is 5.41. The van der Waals surface area contributed by atoms with Crippen molar-refractivity contribution in [3.63, 3.8) is 0 Å². The highest BCUT2D eigenvalue weighted by Gasteiger charge is 2.42. The van der Waals surface area contributed by atoms with Crippen LogP contribution < -0.4 is 0 Å². The van der Waals surface area contributed by atoms with E-state index in [0.717, 1.165) is 32.1 Å². The Hall–Kier alpha value is -0.370. The summed E-state index contributed by atoms with van der Waals surface area (Å²) in [5.41, 5.74) is 0. The van der Waals surface area contributed by atoms with Crippen molar-refractivity contribution in [1.82, 2.24) is 0 Å². The molecule has 74 valence electrons. The van der Waals surface area contributed by atoms with Gasteiger partial charge in [-0.1, -0.05) is 6.92 Å². The molecule has 2 heteroatoms. The van der Waals surface area contributed by atoms with Crippen molar-refractivity contribution in [2.24, 2.45) is 17.8 Å². The van der Waals surface area contributed by atoms with Gasteiger partial charge in [0, 0.05) is 12.3 Å². The predicted octanol–water partition coefficient (Wildman–Crippen LogP) is 1.76. The van der Waals surface area contributed by atoms with Crippen LogP contribution in [0.15, 0.2) is 0 Å². The summed E-state index contributed by atoms with van der Waals surface area (Å²) in [6.45, 7) is 2.16. The van der Waals surface area contributed by atoms with Crippen molar-refractivity contribution in [2.45, 2.75) is 45.1 Å². The summed E-state index contributed by atoms with van der Waals surface area (Å²) in [5, 5.41) is 9.79. The fourth-order valence-electron chi connectivity index (χ4n) is 3.10. The molecule has 0 aromatic heterocycles. The maximum atomic E-state index is 11.7. The smallest absolute Gasteiger partial charge is 0.136 e. The van der Waals surface area contributed by atoms with Crippen LogP contribution in [0.25, 0.3) is 0 Å². The van der Waals surface area contributed by atoms with E-state index in [2.05, 4.69) is 6.92 Å². The van der Waals surface area contributed by atoms with Crippen molar-refractivity contribution >= 4 is 5.78 Å². The Balaban J connectivity index is 2.17. The first-order valence-corrected chi connectivity index (χ1v) is 5.41. The van der Waals surface area contributed by atoms with E-state index in [0.29, 0.717) is 11.7 Å². The third-order valence-corrected chi connectivity index (χ3v) is 3.82. The second-order valence-electron chi connectivity index (χ2n) is 4.67. The van der Waals surface area contributed by atoms with Crippen LogP contribution in [0.4, 0.5) is 0 Å². The zero-order chi connectivity index (χ0) is 9.42. The van der Waals surface area contributed by atoms with E-state index in [1.165, 1.54) is 0 Å². The molecule has 0 radical (unpaired) electrons. The SMILES string of the molecule is C[C@H]1CCC(O)C2CCCC(=O)C21. The molecule has 0 saturated heterocycles. The van der Waals surface area contributed by atoms with Crippen molar-refractivity contribution in [2.75, 3.05) is 0 Å². The molecule has 0 aromatic carbocycles. The van der Waals surface area contributed by atoms with E-state index in [-0.39, 0.29) is 17.9 Å². The molecule has 0 spiro atoms. The first-order chi connectivity index (χ1) is 6.20. The van der Waals surface area contributed by atoms with Crippen LogP contribution in [0.1, 0.15) is 39.0 Å². The van der Waals surface area contributed by atoms with Gasteiger partial charge in [0.05, 0.1) is 6.10 Å². The minimum Gasteiger partial charge on any atom is -0.393 e. The number of fused-ring (bicyclic) bond motifs is 1. The number of hydrogen-bond acceptors (Lipinski definition) is 2. The Labute approximate surface area is 79.3 Å². The summed E-state index contributed by atoms with van der Waals surface area (Å²) >= 11 is 0. The van der Waals surface area contributed by atoms with E-state index < -0.39 is 0 Å². The summed E-state index contributed by atoms with van der Waals surface area (Å²) < 4.78 is 0. The molecular formula is C11H18O2. The topological polar surface area (TPSA) is 37.3 Å². The maximum Gasteiger partial charge on any atom is 0.136 e. The number of hydrogen-bond donors (Lipinski definition) is 1. The van der Waals surface area contributed by atoms with Crippen LogP contribution in [0, 0.1) is 17.8 Å². The van der Waals surface area contributed by atoms with Crippen molar-refractivity contribution < 1.29 is 9.90 Å². The van der Waals surface area contributed by atoms with E-state index >= 15 is 0 Å². The minimum absolute atomic E-state index is 0.178. The van der Waals surface area contributed by atoms with Crippen LogP contribution in [0.5, 0.6) is 0 Å². The second kappa shape index (κ2) is 3.41. The Morgan fingerprint density at radius 2 is 2.08 bits per heavy atom. The molecular weight excluding hydrogens is 164 g/mol.